The van der Waals surface area contributed by atoms with Crippen LogP contribution in [0.2, 0.25) is 0 Å². The van der Waals surface area contributed by atoms with E-state index in [1.807, 2.05) is 0 Å². The summed E-state index contributed by atoms with van der Waals surface area (Å²) in [6.07, 6.45) is -89.0. The first-order valence-corrected chi connectivity index (χ1v) is 38.9. The number of rotatable bonds is 35. The molecule has 0 aliphatic carbocycles. The van der Waals surface area contributed by atoms with Gasteiger partial charge < -0.3 is 235 Å². The van der Waals surface area contributed by atoms with Crippen LogP contribution in [0.3, 0.4) is 0 Å². The van der Waals surface area contributed by atoms with Crippen molar-refractivity contribution in [2.75, 3.05) is 59.5 Å². The summed E-state index contributed by atoms with van der Waals surface area (Å²) >= 11 is 0. The molecule has 123 heavy (non-hydrogen) atoms. The molecular weight excluding hydrogens is 1680 g/mol. The zero-order valence-corrected chi connectivity index (χ0v) is 66.2. The van der Waals surface area contributed by atoms with Gasteiger partial charge in [-0.3, -0.25) is 38.9 Å². The summed E-state index contributed by atoms with van der Waals surface area (Å²) in [5.74, 6) is -7.66. The van der Waals surface area contributed by atoms with Crippen LogP contribution >= 0.6 is 0 Å². The largest absolute Gasteiger partial charge is 0.480 e. The Bertz CT molecular complexity index is 3420. The maximum Gasteiger partial charge on any atom is 0.321 e. The molecule has 9 saturated heterocycles. The molecule has 9 fully saturated rings. The van der Waals surface area contributed by atoms with Crippen LogP contribution in [0.25, 0.3) is 0 Å². The third-order valence-electron chi connectivity index (χ3n) is 21.9. The summed E-state index contributed by atoms with van der Waals surface area (Å²) in [5.41, 5.74) is 5.28. The second-order valence-corrected chi connectivity index (χ2v) is 30.7. The molecule has 708 valence electrons. The zero-order valence-electron chi connectivity index (χ0n) is 66.2. The fraction of sp³-hybridized carbons (Fsp3) is 0.897. The van der Waals surface area contributed by atoms with E-state index >= 15 is 0 Å². The van der Waals surface area contributed by atoms with Gasteiger partial charge in [-0.05, 0) is 0 Å². The Morgan fingerprint density at radius 1 is 0.285 bits per heavy atom. The molecule has 55 heteroatoms. The average molecular weight is 1800 g/mol. The molecule has 0 radical (unpaired) electrons. The predicted molar refractivity (Wildman–Crippen MR) is 381 cm³/mol. The van der Waals surface area contributed by atoms with E-state index in [9.17, 15) is 156 Å². The Balaban J connectivity index is 1.19. The van der Waals surface area contributed by atoms with E-state index in [0.29, 0.717) is 0 Å². The predicted octanol–water partition coefficient (Wildman–Crippen LogP) is -21.0. The van der Waals surface area contributed by atoms with Crippen molar-refractivity contribution in [1.29, 1.82) is 0 Å². The van der Waals surface area contributed by atoms with Crippen LogP contribution in [0.1, 0.15) is 41.0 Å². The van der Waals surface area contributed by atoms with Gasteiger partial charge in [0.25, 0.3) is 0 Å². The molecule has 0 unspecified atom stereocenters. The van der Waals surface area contributed by atoms with Gasteiger partial charge in [-0.1, -0.05) is 0 Å². The van der Waals surface area contributed by atoms with Crippen molar-refractivity contribution in [3.05, 3.63) is 0 Å². The highest BCUT2D eigenvalue weighted by Gasteiger charge is 2.62. The van der Waals surface area contributed by atoms with Crippen molar-refractivity contribution in [2.24, 2.45) is 5.73 Å². The molecule has 55 nitrogen and oxygen atoms in total. The third kappa shape index (κ3) is 23.5. The number of carboxylic acids is 1. The smallest absolute Gasteiger partial charge is 0.321 e. The van der Waals surface area contributed by atoms with Gasteiger partial charge in [0.1, 0.15) is 226 Å². The SMILES string of the molecule is CC(=O)N[C@@H]1[C@@H](O)[C@H](O[C@@H]2O[C@H](CO)[C@@H](O[C@@H]3O[C@H](CO[C@H]4O[C@H](CO)[C@@H](O)[C@H](O[C@H]5O[C@H](CO)[C@@H](O)[C@H](O)[C@@H]5O)[C@@H]4O)[C@@H](O[C@@H]4O[C@H](CO)[C@@H](O)[C@H](O)[C@H]4NC(C)=O)[C@H](O[C@H]4O[C@H](CO)[C@@H](O[C@@H]5O[C@H](CO)[C@@H](O)[C@H](O)[C@H]5NC(C)=O)[C@H](O)[C@@H]4O[C@@H]4O[C@H](CO)[C@@H](O)[C@H](O)[C@H]4NC(C)=O)[C@@H]3O)[C@H](O)[C@H]2NC(C)=O)[C@@H](CO)O[C@H]1N[C@@H](CC(N)=O)C(=O)O. The fourth-order valence-corrected chi connectivity index (χ4v) is 15.7. The first-order chi connectivity index (χ1) is 58.1. The summed E-state index contributed by atoms with van der Waals surface area (Å²) in [4.78, 5) is 89.2. The number of primary amides is 1. The van der Waals surface area contributed by atoms with Crippen LogP contribution in [-0.4, -0.2) is 505 Å². The summed E-state index contributed by atoms with van der Waals surface area (Å²) < 4.78 is 104. The van der Waals surface area contributed by atoms with Crippen LogP contribution in [0.4, 0.5) is 0 Å². The van der Waals surface area contributed by atoms with Gasteiger partial charge in [0.2, 0.25) is 35.4 Å². The monoisotopic (exact) mass is 1800 g/mol. The van der Waals surface area contributed by atoms with Crippen molar-refractivity contribution in [1.82, 2.24) is 31.9 Å². The van der Waals surface area contributed by atoms with Crippen molar-refractivity contribution < 1.29 is 237 Å². The van der Waals surface area contributed by atoms with E-state index in [4.69, 9.17) is 86.3 Å². The van der Waals surface area contributed by atoms with E-state index in [0.717, 1.165) is 34.6 Å². The zero-order chi connectivity index (χ0) is 90.9. The maximum atomic E-state index is 13.4. The molecule has 0 spiro atoms. The first kappa shape index (κ1) is 101. The fourth-order valence-electron chi connectivity index (χ4n) is 15.7. The molecule has 0 saturated carbocycles. The summed E-state index contributed by atoms with van der Waals surface area (Å²) in [5, 5.41) is 285. The van der Waals surface area contributed by atoms with Gasteiger partial charge in [0.15, 0.2) is 50.3 Å². The van der Waals surface area contributed by atoms with Gasteiger partial charge in [-0.15, -0.1) is 0 Å². The Morgan fingerprint density at radius 2 is 0.577 bits per heavy atom. The molecule has 0 aromatic carbocycles. The minimum Gasteiger partial charge on any atom is -0.480 e. The van der Waals surface area contributed by atoms with E-state index in [1.165, 1.54) is 0 Å². The van der Waals surface area contributed by atoms with Crippen molar-refractivity contribution in [3.8, 4) is 0 Å². The Hall–Kier alpha value is -5.35. The molecule has 9 heterocycles. The van der Waals surface area contributed by atoms with E-state index in [-0.39, 0.29) is 0 Å². The highest BCUT2D eigenvalue weighted by atomic mass is 16.8. The minimum atomic E-state index is -2.80. The number of carboxylic acid groups (broad SMARTS) is 1. The lowest BCUT2D eigenvalue weighted by atomic mass is 9.93. The first-order valence-electron chi connectivity index (χ1n) is 38.9. The highest BCUT2D eigenvalue weighted by Crippen LogP contribution is 2.41. The number of carbonyl (C=O) groups excluding carboxylic acids is 6. The number of aliphatic hydroxyl groups is 23. The van der Waals surface area contributed by atoms with Crippen LogP contribution in [-0.2, 0) is 114 Å². The Labute approximate surface area is 696 Å². The molecule has 0 aromatic rings. The summed E-state index contributed by atoms with van der Waals surface area (Å²) in [7, 11) is 0. The number of nitrogens with one attached hydrogen (secondary N) is 6. The van der Waals surface area contributed by atoms with Gasteiger partial charge in [0, 0.05) is 34.6 Å². The molecule has 0 aromatic heterocycles. The number of aliphatic carboxylic acids is 1. The standard InChI is InChI=1S/C68H113N7O48/c1-16(84)70-32-45(98)52(27(12-81)108-59(32)75-21(60(105)106)6-31(69)89)117-64-36(74-20(5)88)46(99)53(28(13-82)114-64)119-67-51(104)57(122-68-58(123-63-35(73-19(4)87)44(97)39(92)24(9-78)111-63)49(102)54(29(14-83)115-68)118-61-33(71-17(2)85)42(95)37(90)22(7-76)109-61)55(120-62-34(72-18(3)86)43(96)38(91)23(8-77)110-62)30(116-67)15-107-65-50(103)56(41(94)26(11-80)112-65)121-66-48(101)47(100)40(93)25(10-79)113-66/h21-30,32-59,61-68,75-83,90-104H,6-15H2,1-5H3,(H2,69,89)(H,70,84)(H,71,85)(H,72,86)(H,73,87)(H,74,88)(H,105,106)/t21-,22+,23+,24+,25+,26+,27+,28+,29+,30+,32+,33+,34+,35+,36+,37+,38+,39+,40+,41+,42+,43+,44+,45+,46+,47-,48-,49-,50-,51-,52+,53+,54+,55+,56-,57+,58-,59+,61-,62-,63-,64-,65-,66+,67-,68+/m0/s1. The topological polar surface area (TPSA) is 860 Å². The van der Waals surface area contributed by atoms with Crippen molar-refractivity contribution in [3.63, 3.8) is 0 Å². The number of amides is 6. The van der Waals surface area contributed by atoms with Crippen molar-refractivity contribution in [2.45, 2.75) is 323 Å². The molecule has 9 aliphatic heterocycles. The lowest BCUT2D eigenvalue weighted by Crippen LogP contribution is -2.72. The second-order valence-electron chi connectivity index (χ2n) is 30.7. The molecule has 32 N–H and O–H groups in total. The van der Waals surface area contributed by atoms with Gasteiger partial charge >= 0.3 is 5.97 Å². The summed E-state index contributed by atoms with van der Waals surface area (Å²) in [6.45, 7) is -6.16. The summed E-state index contributed by atoms with van der Waals surface area (Å²) in [6, 6.07) is -11.6. The number of aliphatic hydroxyl groups excluding tert-OH is 23. The minimum absolute atomic E-state index is 0.887. The molecule has 0 bridgehead atoms. The highest BCUT2D eigenvalue weighted by molar-refractivity contribution is 5.83. The lowest BCUT2D eigenvalue weighted by Gasteiger charge is -2.53. The molecule has 9 rings (SSSR count). The number of carbonyl (C=O) groups is 7. The van der Waals surface area contributed by atoms with Crippen molar-refractivity contribution >= 4 is 41.4 Å². The normalized spacial score (nSPS) is 45.7. The Morgan fingerprint density at radius 3 is 0.992 bits per heavy atom. The molecule has 9 aliphatic rings. The van der Waals surface area contributed by atoms with Gasteiger partial charge in [-0.2, -0.15) is 0 Å². The molecule has 6 amide bonds. The number of hydrogen-bond acceptors (Lipinski definition) is 48. The van der Waals surface area contributed by atoms with Crippen LogP contribution < -0.4 is 37.6 Å². The van der Waals surface area contributed by atoms with E-state index < -0.39 is 389 Å². The Kier molecular flexibility index (Phi) is 36.9. The van der Waals surface area contributed by atoms with E-state index in [2.05, 4.69) is 31.9 Å². The van der Waals surface area contributed by atoms with Crippen LogP contribution in [0, 0.1) is 0 Å². The number of nitrogens with two attached hydrogens (primary N) is 1. The third-order valence-corrected chi connectivity index (χ3v) is 21.9. The molecular formula is C68H113N7O48. The second kappa shape index (κ2) is 44.8. The lowest BCUT2D eigenvalue weighted by molar-refractivity contribution is -0.411. The van der Waals surface area contributed by atoms with Gasteiger partial charge in [0.05, 0.1) is 71.9 Å². The molecule has 46 atom stereocenters. The van der Waals surface area contributed by atoms with Crippen LogP contribution in [0.15, 0.2) is 0 Å². The quantitative estimate of drug-likeness (QED) is 0.0280. The number of ether oxygens (including phenoxy) is 17. The maximum absolute atomic E-state index is 13.4. The van der Waals surface area contributed by atoms with Gasteiger partial charge in [-0.25, -0.2) is 0 Å². The van der Waals surface area contributed by atoms with Crippen LogP contribution in [0.5, 0.6) is 0 Å². The van der Waals surface area contributed by atoms with E-state index in [1.54, 1.807) is 0 Å². The average Bonchev–Trinajstić information content (AvgIpc) is 0.755. The number of hydrogen-bond donors (Lipinski definition) is 31.